The van der Waals surface area contributed by atoms with Crippen LogP contribution in [0.25, 0.3) is 47.8 Å². The number of benzene rings is 3. The number of nitrogens with zero attached hydrogens (tertiary/aromatic N) is 2. The summed E-state index contributed by atoms with van der Waals surface area (Å²) in [6.07, 6.45) is 1.80. The van der Waals surface area contributed by atoms with Crippen molar-refractivity contribution >= 4 is 53.3 Å². The fourth-order valence-corrected chi connectivity index (χ4v) is 5.26. The molecule has 3 aromatic heterocycles. The number of phenolic OH excluding ortho intramolecular Hbond substituents is 1. The minimum absolute atomic E-state index is 0.259. The van der Waals surface area contributed by atoms with Gasteiger partial charge in [-0.25, -0.2) is 4.98 Å². The summed E-state index contributed by atoms with van der Waals surface area (Å²) in [5, 5.41) is 15.0. The van der Waals surface area contributed by atoms with Crippen LogP contribution < -0.4 is 0 Å². The van der Waals surface area contributed by atoms with E-state index in [1.807, 2.05) is 41.7 Å². The van der Waals surface area contributed by atoms with Crippen LogP contribution >= 0.6 is 11.3 Å². The Hall–Kier alpha value is -3.37. The first kappa shape index (κ1) is 14.8. The first-order valence-corrected chi connectivity index (χ1v) is 9.62. The molecule has 0 saturated carbocycles. The second kappa shape index (κ2) is 5.32. The van der Waals surface area contributed by atoms with E-state index in [-0.39, 0.29) is 5.75 Å². The van der Waals surface area contributed by atoms with Gasteiger partial charge in [0.25, 0.3) is 0 Å². The summed E-state index contributed by atoms with van der Waals surface area (Å²) in [4.78, 5) is 4.56. The second-order valence-corrected chi connectivity index (χ2v) is 7.71. The molecule has 3 nitrogen and oxygen atoms in total. The van der Waals surface area contributed by atoms with Crippen molar-refractivity contribution in [3.8, 4) is 11.6 Å². The lowest BCUT2D eigenvalue weighted by atomic mass is 10.1. The number of hydrogen-bond donors (Lipinski definition) is 1. The van der Waals surface area contributed by atoms with Gasteiger partial charge in [-0.05, 0) is 36.4 Å². The van der Waals surface area contributed by atoms with E-state index >= 15 is 0 Å². The summed E-state index contributed by atoms with van der Waals surface area (Å²) in [5.41, 5.74) is 2.07. The molecule has 3 heterocycles. The number of fused-ring (bicyclic) bond motifs is 7. The Morgan fingerprint density at radius 2 is 1.63 bits per heavy atom. The molecular weight excluding hydrogens is 352 g/mol. The van der Waals surface area contributed by atoms with Gasteiger partial charge >= 0.3 is 0 Å². The van der Waals surface area contributed by atoms with Crippen LogP contribution in [-0.2, 0) is 0 Å². The molecule has 1 N–H and O–H groups in total. The van der Waals surface area contributed by atoms with Crippen LogP contribution in [0.2, 0.25) is 0 Å². The van der Waals surface area contributed by atoms with Crippen molar-refractivity contribution in [1.29, 1.82) is 0 Å². The molecule has 0 spiro atoms. The van der Waals surface area contributed by atoms with Crippen LogP contribution in [0, 0.1) is 0 Å². The first-order valence-electron chi connectivity index (χ1n) is 8.80. The smallest absolute Gasteiger partial charge is 0.137 e. The van der Waals surface area contributed by atoms with E-state index in [2.05, 4.69) is 45.9 Å². The summed E-state index contributed by atoms with van der Waals surface area (Å²) < 4.78 is 4.70. The van der Waals surface area contributed by atoms with Crippen LogP contribution in [0.4, 0.5) is 0 Å². The third kappa shape index (κ3) is 1.99. The Labute approximate surface area is 158 Å². The first-order chi connectivity index (χ1) is 13.3. The Balaban J connectivity index is 1.89. The van der Waals surface area contributed by atoms with Crippen LogP contribution in [0.1, 0.15) is 0 Å². The van der Waals surface area contributed by atoms with Crippen LogP contribution in [0.15, 0.2) is 79.0 Å². The molecule has 3 aromatic carbocycles. The number of aromatic hydroxyl groups is 1. The molecule has 0 aliphatic heterocycles. The van der Waals surface area contributed by atoms with Crippen molar-refractivity contribution in [2.45, 2.75) is 0 Å². The summed E-state index contributed by atoms with van der Waals surface area (Å²) in [6, 6.07) is 24.4. The van der Waals surface area contributed by atoms with Crippen molar-refractivity contribution in [2.24, 2.45) is 0 Å². The van der Waals surface area contributed by atoms with E-state index in [1.54, 1.807) is 12.3 Å². The monoisotopic (exact) mass is 366 g/mol. The van der Waals surface area contributed by atoms with Crippen molar-refractivity contribution < 1.29 is 5.11 Å². The minimum atomic E-state index is 0.259. The molecule has 27 heavy (non-hydrogen) atoms. The molecule has 0 unspecified atom stereocenters. The summed E-state index contributed by atoms with van der Waals surface area (Å²) >= 11 is 1.82. The zero-order chi connectivity index (χ0) is 18.0. The lowest BCUT2D eigenvalue weighted by molar-refractivity contribution is 0.476. The summed E-state index contributed by atoms with van der Waals surface area (Å²) in [7, 11) is 0. The number of phenols is 1. The van der Waals surface area contributed by atoms with Crippen molar-refractivity contribution in [3.05, 3.63) is 79.0 Å². The van der Waals surface area contributed by atoms with E-state index in [0.717, 1.165) is 22.2 Å². The molecule has 0 radical (unpaired) electrons. The van der Waals surface area contributed by atoms with Gasteiger partial charge in [-0.15, -0.1) is 11.3 Å². The van der Waals surface area contributed by atoms with E-state index in [9.17, 15) is 5.11 Å². The highest BCUT2D eigenvalue weighted by molar-refractivity contribution is 7.26. The van der Waals surface area contributed by atoms with E-state index in [1.165, 1.54) is 25.6 Å². The lowest BCUT2D eigenvalue weighted by Gasteiger charge is -2.06. The Bertz CT molecular complexity index is 1480. The van der Waals surface area contributed by atoms with Gasteiger partial charge < -0.3 is 5.11 Å². The Kier molecular flexibility index (Phi) is 2.91. The molecular formula is C23H14N2OS. The van der Waals surface area contributed by atoms with E-state index < -0.39 is 0 Å². The van der Waals surface area contributed by atoms with Crippen molar-refractivity contribution in [2.75, 3.05) is 0 Å². The number of thiophene rings is 1. The lowest BCUT2D eigenvalue weighted by Crippen LogP contribution is -1.95. The number of pyridine rings is 1. The fraction of sp³-hybridized carbons (Fsp3) is 0. The maximum atomic E-state index is 10.1. The summed E-state index contributed by atoms with van der Waals surface area (Å²) in [5.74, 6) is 1.11. The van der Waals surface area contributed by atoms with Gasteiger partial charge in [0.05, 0.1) is 11.0 Å². The maximum Gasteiger partial charge on any atom is 0.137 e. The molecule has 0 saturated heterocycles. The fourth-order valence-electron chi connectivity index (χ4n) is 4.00. The Morgan fingerprint density at radius 3 is 2.52 bits per heavy atom. The number of hydrogen-bond acceptors (Lipinski definition) is 3. The zero-order valence-electron chi connectivity index (χ0n) is 14.3. The molecule has 0 aliphatic carbocycles. The average molecular weight is 366 g/mol. The van der Waals surface area contributed by atoms with Gasteiger partial charge in [0, 0.05) is 43.2 Å². The Morgan fingerprint density at radius 1 is 0.778 bits per heavy atom. The molecule has 128 valence electrons. The number of rotatable bonds is 1. The average Bonchev–Trinajstić information content (AvgIpc) is 3.23. The molecule has 0 fully saturated rings. The van der Waals surface area contributed by atoms with Gasteiger partial charge in [-0.1, -0.05) is 30.3 Å². The highest BCUT2D eigenvalue weighted by Crippen LogP contribution is 2.43. The standard InChI is InChI=1S/C23H14N2OS/c26-14-8-9-17-19(13-14)25(21-7-3-4-12-24-21)18-11-10-16-15-5-1-2-6-20(15)27-23(16)22(17)18/h1-13,26H. The second-order valence-electron chi connectivity index (χ2n) is 6.66. The van der Waals surface area contributed by atoms with E-state index in [0.29, 0.717) is 0 Å². The number of aromatic nitrogens is 2. The van der Waals surface area contributed by atoms with Crippen molar-refractivity contribution in [3.63, 3.8) is 0 Å². The van der Waals surface area contributed by atoms with Gasteiger partial charge in [-0.3, -0.25) is 4.57 Å². The molecule has 0 amide bonds. The SMILES string of the molecule is Oc1ccc2c3c4sc5ccccc5c4ccc3n(-c3ccccn3)c2c1. The van der Waals surface area contributed by atoms with Crippen molar-refractivity contribution in [1.82, 2.24) is 9.55 Å². The normalized spacial score (nSPS) is 11.9. The predicted octanol–water partition coefficient (Wildman–Crippen LogP) is 6.25. The van der Waals surface area contributed by atoms with Gasteiger partial charge in [0.2, 0.25) is 0 Å². The third-order valence-electron chi connectivity index (χ3n) is 5.14. The molecule has 0 aliphatic rings. The largest absolute Gasteiger partial charge is 0.508 e. The van der Waals surface area contributed by atoms with Gasteiger partial charge in [-0.2, -0.15) is 0 Å². The zero-order valence-corrected chi connectivity index (χ0v) is 15.1. The molecule has 4 heteroatoms. The topological polar surface area (TPSA) is 38.0 Å². The third-order valence-corrected chi connectivity index (χ3v) is 6.34. The molecule has 0 atom stereocenters. The summed E-state index contributed by atoms with van der Waals surface area (Å²) in [6.45, 7) is 0. The highest BCUT2D eigenvalue weighted by atomic mass is 32.1. The molecule has 0 bridgehead atoms. The predicted molar refractivity (Wildman–Crippen MR) is 113 cm³/mol. The molecule has 6 aromatic rings. The molecule has 6 rings (SSSR count). The van der Waals surface area contributed by atoms with Gasteiger partial charge in [0.1, 0.15) is 11.6 Å². The maximum absolute atomic E-state index is 10.1. The van der Waals surface area contributed by atoms with Crippen LogP contribution in [-0.4, -0.2) is 14.7 Å². The minimum Gasteiger partial charge on any atom is -0.508 e. The van der Waals surface area contributed by atoms with Crippen LogP contribution in [0.5, 0.6) is 5.75 Å². The van der Waals surface area contributed by atoms with E-state index in [4.69, 9.17) is 0 Å². The quantitative estimate of drug-likeness (QED) is 0.373. The van der Waals surface area contributed by atoms with Gasteiger partial charge in [0.15, 0.2) is 0 Å². The van der Waals surface area contributed by atoms with Crippen LogP contribution in [0.3, 0.4) is 0 Å². The highest BCUT2D eigenvalue weighted by Gasteiger charge is 2.17.